The quantitative estimate of drug-likeness (QED) is 0.512. The summed E-state index contributed by atoms with van der Waals surface area (Å²) < 4.78 is 11.0. The van der Waals surface area contributed by atoms with Crippen molar-refractivity contribution in [2.45, 2.75) is 38.9 Å². The molecule has 0 saturated carbocycles. The van der Waals surface area contributed by atoms with Gasteiger partial charge in [-0.05, 0) is 26.2 Å². The van der Waals surface area contributed by atoms with Crippen LogP contribution < -0.4 is 16.6 Å². The van der Waals surface area contributed by atoms with E-state index < -0.39 is 0 Å². The van der Waals surface area contributed by atoms with Crippen molar-refractivity contribution in [3.05, 3.63) is 11.9 Å². The van der Waals surface area contributed by atoms with Crippen LogP contribution in [-0.2, 0) is 16.1 Å². The molecule has 7 heteroatoms. The molecule has 1 aliphatic heterocycles. The molecule has 0 bridgehead atoms. The summed E-state index contributed by atoms with van der Waals surface area (Å²) in [7, 11) is 0. The van der Waals surface area contributed by atoms with E-state index in [4.69, 9.17) is 15.3 Å². The molecule has 1 aromatic rings. The molecule has 1 aliphatic rings. The minimum atomic E-state index is 0.253. The van der Waals surface area contributed by atoms with Crippen LogP contribution in [0.2, 0.25) is 0 Å². The Hall–Kier alpha value is -1.44. The molecule has 1 fully saturated rings. The Labute approximate surface area is 119 Å². The second kappa shape index (κ2) is 7.98. The molecule has 4 N–H and O–H groups in total. The van der Waals surface area contributed by atoms with Gasteiger partial charge in [0.1, 0.15) is 18.2 Å². The van der Waals surface area contributed by atoms with Gasteiger partial charge < -0.3 is 20.2 Å². The van der Waals surface area contributed by atoms with Gasteiger partial charge in [0.15, 0.2) is 5.82 Å². The Morgan fingerprint density at radius 1 is 1.40 bits per heavy atom. The highest BCUT2D eigenvalue weighted by Crippen LogP contribution is 2.15. The summed E-state index contributed by atoms with van der Waals surface area (Å²) in [4.78, 5) is 8.65. The summed E-state index contributed by atoms with van der Waals surface area (Å²) in [6.07, 6.45) is 3.72. The lowest BCUT2D eigenvalue weighted by atomic mass is 10.1. The molecule has 20 heavy (non-hydrogen) atoms. The van der Waals surface area contributed by atoms with Gasteiger partial charge in [0.05, 0.1) is 6.10 Å². The van der Waals surface area contributed by atoms with Crippen LogP contribution in [0.5, 0.6) is 0 Å². The Bertz CT molecular complexity index is 410. The third-order valence-electron chi connectivity index (χ3n) is 3.14. The standard InChI is InChI=1S/C13H23N5O2/c1-2-19-9-13-16-11(7-12(17-13)18-14)15-8-10-5-3-4-6-20-10/h7,10H,2-6,8-9,14H2,1H3,(H2,15,16,17,18). The monoisotopic (exact) mass is 281 g/mol. The van der Waals surface area contributed by atoms with Crippen molar-refractivity contribution in [3.63, 3.8) is 0 Å². The van der Waals surface area contributed by atoms with Crippen molar-refractivity contribution in [3.8, 4) is 0 Å². The molecule has 0 spiro atoms. The zero-order valence-corrected chi connectivity index (χ0v) is 11.9. The largest absolute Gasteiger partial charge is 0.376 e. The number of nitrogens with one attached hydrogen (secondary N) is 2. The number of rotatable bonds is 7. The number of anilines is 2. The third-order valence-corrected chi connectivity index (χ3v) is 3.14. The fourth-order valence-corrected chi connectivity index (χ4v) is 2.11. The summed E-state index contributed by atoms with van der Waals surface area (Å²) in [5.41, 5.74) is 2.54. The molecule has 0 radical (unpaired) electrons. The SMILES string of the molecule is CCOCc1nc(NN)cc(NCC2CCCCO2)n1. The van der Waals surface area contributed by atoms with Gasteiger partial charge in [-0.25, -0.2) is 15.8 Å². The fourth-order valence-electron chi connectivity index (χ4n) is 2.11. The second-order valence-electron chi connectivity index (χ2n) is 4.71. The first-order valence-electron chi connectivity index (χ1n) is 7.09. The van der Waals surface area contributed by atoms with Crippen molar-refractivity contribution < 1.29 is 9.47 Å². The van der Waals surface area contributed by atoms with Crippen molar-refractivity contribution in [1.82, 2.24) is 9.97 Å². The van der Waals surface area contributed by atoms with Crippen LogP contribution in [0.1, 0.15) is 32.0 Å². The molecular formula is C13H23N5O2. The Morgan fingerprint density at radius 2 is 2.25 bits per heavy atom. The zero-order valence-electron chi connectivity index (χ0n) is 11.9. The van der Waals surface area contributed by atoms with Crippen LogP contribution in [0.3, 0.4) is 0 Å². The lowest BCUT2D eigenvalue weighted by Crippen LogP contribution is -2.27. The lowest BCUT2D eigenvalue weighted by molar-refractivity contribution is 0.0247. The first kappa shape index (κ1) is 15.0. The smallest absolute Gasteiger partial charge is 0.158 e. The van der Waals surface area contributed by atoms with Gasteiger partial charge in [-0.2, -0.15) is 0 Å². The number of hydrazine groups is 1. The van der Waals surface area contributed by atoms with E-state index in [0.717, 1.165) is 31.8 Å². The third kappa shape index (κ3) is 4.59. The van der Waals surface area contributed by atoms with Crippen LogP contribution in [0, 0.1) is 0 Å². The maximum Gasteiger partial charge on any atom is 0.158 e. The van der Waals surface area contributed by atoms with Crippen molar-refractivity contribution in [2.75, 3.05) is 30.5 Å². The summed E-state index contributed by atoms with van der Waals surface area (Å²) in [6, 6.07) is 1.78. The van der Waals surface area contributed by atoms with Crippen molar-refractivity contribution >= 4 is 11.6 Å². The maximum atomic E-state index is 5.68. The summed E-state index contributed by atoms with van der Waals surface area (Å²) in [5.74, 6) is 7.33. The van der Waals surface area contributed by atoms with Gasteiger partial charge in [0.2, 0.25) is 0 Å². The zero-order chi connectivity index (χ0) is 14.2. The lowest BCUT2D eigenvalue weighted by Gasteiger charge is -2.23. The molecule has 0 amide bonds. The van der Waals surface area contributed by atoms with Crippen LogP contribution in [-0.4, -0.2) is 35.8 Å². The molecule has 0 aliphatic carbocycles. The highest BCUT2D eigenvalue weighted by Gasteiger charge is 2.14. The number of hydrogen-bond acceptors (Lipinski definition) is 7. The van der Waals surface area contributed by atoms with E-state index in [0.29, 0.717) is 24.9 Å². The van der Waals surface area contributed by atoms with Gasteiger partial charge in [-0.1, -0.05) is 0 Å². The molecule has 1 unspecified atom stereocenters. The van der Waals surface area contributed by atoms with E-state index in [1.54, 1.807) is 6.07 Å². The fraction of sp³-hybridized carbons (Fsp3) is 0.692. The number of ether oxygens (including phenoxy) is 2. The van der Waals surface area contributed by atoms with E-state index in [1.807, 2.05) is 6.92 Å². The van der Waals surface area contributed by atoms with Gasteiger partial charge in [0.25, 0.3) is 0 Å². The molecule has 1 atom stereocenters. The highest BCUT2D eigenvalue weighted by atomic mass is 16.5. The molecule has 7 nitrogen and oxygen atoms in total. The molecule has 1 aromatic heterocycles. The van der Waals surface area contributed by atoms with Crippen molar-refractivity contribution in [1.29, 1.82) is 0 Å². The van der Waals surface area contributed by atoms with Crippen LogP contribution >= 0.6 is 0 Å². The Kier molecular flexibility index (Phi) is 5.97. The second-order valence-corrected chi connectivity index (χ2v) is 4.71. The normalized spacial score (nSPS) is 18.8. The van der Waals surface area contributed by atoms with E-state index in [-0.39, 0.29) is 6.10 Å². The minimum absolute atomic E-state index is 0.253. The molecule has 1 saturated heterocycles. The number of nitrogen functional groups attached to an aromatic ring is 1. The summed E-state index contributed by atoms with van der Waals surface area (Å²) >= 11 is 0. The number of aromatic nitrogens is 2. The van der Waals surface area contributed by atoms with Gasteiger partial charge in [-0.3, -0.25) is 0 Å². The van der Waals surface area contributed by atoms with Crippen LogP contribution in [0.4, 0.5) is 11.6 Å². The van der Waals surface area contributed by atoms with E-state index in [9.17, 15) is 0 Å². The topological polar surface area (TPSA) is 94.3 Å². The molecule has 2 heterocycles. The Morgan fingerprint density at radius 3 is 2.95 bits per heavy atom. The summed E-state index contributed by atoms with van der Waals surface area (Å²) in [5, 5.41) is 3.28. The maximum absolute atomic E-state index is 5.68. The van der Waals surface area contributed by atoms with E-state index >= 15 is 0 Å². The predicted octanol–water partition coefficient (Wildman–Crippen LogP) is 1.28. The molecule has 112 valence electrons. The number of hydrogen-bond donors (Lipinski definition) is 3. The molecule has 2 rings (SSSR count). The predicted molar refractivity (Wildman–Crippen MR) is 77.3 cm³/mol. The first-order chi connectivity index (χ1) is 9.81. The van der Waals surface area contributed by atoms with Crippen LogP contribution in [0.25, 0.3) is 0 Å². The molecular weight excluding hydrogens is 258 g/mol. The first-order valence-corrected chi connectivity index (χ1v) is 7.09. The van der Waals surface area contributed by atoms with Gasteiger partial charge in [-0.15, -0.1) is 0 Å². The average Bonchev–Trinajstić information content (AvgIpc) is 2.51. The van der Waals surface area contributed by atoms with Gasteiger partial charge >= 0.3 is 0 Å². The van der Waals surface area contributed by atoms with Crippen LogP contribution in [0.15, 0.2) is 6.07 Å². The van der Waals surface area contributed by atoms with E-state index in [2.05, 4.69) is 20.7 Å². The summed E-state index contributed by atoms with van der Waals surface area (Å²) in [6.45, 7) is 4.53. The number of nitrogens with zero attached hydrogens (tertiary/aromatic N) is 2. The van der Waals surface area contributed by atoms with Crippen molar-refractivity contribution in [2.24, 2.45) is 5.84 Å². The minimum Gasteiger partial charge on any atom is -0.376 e. The average molecular weight is 281 g/mol. The highest BCUT2D eigenvalue weighted by molar-refractivity contribution is 5.46. The van der Waals surface area contributed by atoms with E-state index in [1.165, 1.54) is 6.42 Å². The van der Waals surface area contributed by atoms with Gasteiger partial charge in [0, 0.05) is 25.8 Å². The number of nitrogens with two attached hydrogens (primary N) is 1. The molecule has 0 aromatic carbocycles. The Balaban J connectivity index is 1.94.